The zero-order valence-electron chi connectivity index (χ0n) is 6.56. The molecule has 0 aromatic carbocycles. The number of nitrogens with zero attached hydrogens (tertiary/aromatic N) is 3. The van der Waals surface area contributed by atoms with E-state index in [1.54, 1.807) is 0 Å². The van der Waals surface area contributed by atoms with Crippen LogP contribution >= 0.6 is 0 Å². The third-order valence-corrected chi connectivity index (χ3v) is 1.03. The highest BCUT2D eigenvalue weighted by Crippen LogP contribution is 1.82. The second kappa shape index (κ2) is 7.80. The molecule has 0 aliphatic heterocycles. The van der Waals surface area contributed by atoms with Crippen LogP contribution in [0.1, 0.15) is 6.42 Å². The van der Waals surface area contributed by atoms with Gasteiger partial charge in [-0.3, -0.25) is 10.2 Å². The molecule has 0 aliphatic rings. The van der Waals surface area contributed by atoms with Crippen LogP contribution in [0.2, 0.25) is 0 Å². The highest BCUT2D eigenvalue weighted by atomic mass is 16.5. The van der Waals surface area contributed by atoms with E-state index in [0.29, 0.717) is 6.61 Å². The van der Waals surface area contributed by atoms with Gasteiger partial charge in [-0.2, -0.15) is 0 Å². The van der Waals surface area contributed by atoms with Gasteiger partial charge in [-0.15, -0.1) is 0 Å². The summed E-state index contributed by atoms with van der Waals surface area (Å²) >= 11 is 0. The maximum absolute atomic E-state index is 10.5. The monoisotopic (exact) mass is 173 g/mol. The highest BCUT2D eigenvalue weighted by Gasteiger charge is 1.96. The van der Waals surface area contributed by atoms with Crippen LogP contribution in [0.15, 0.2) is 5.11 Å². The maximum atomic E-state index is 10.5. The Labute approximate surface area is 69.5 Å². The molecule has 12 heavy (non-hydrogen) atoms. The molecule has 0 unspecified atom stereocenters. The molecular formula is C5H11N5O2. The largest absolute Gasteiger partial charge is 0.381 e. The van der Waals surface area contributed by atoms with E-state index in [-0.39, 0.29) is 25.5 Å². The predicted molar refractivity (Wildman–Crippen MR) is 41.8 cm³/mol. The summed E-state index contributed by atoms with van der Waals surface area (Å²) in [6, 6.07) is 0. The van der Waals surface area contributed by atoms with Gasteiger partial charge in [-0.25, -0.2) is 5.84 Å². The maximum Gasteiger partial charge on any atom is 0.236 e. The van der Waals surface area contributed by atoms with Crippen LogP contribution in [-0.2, 0) is 9.53 Å². The fourth-order valence-corrected chi connectivity index (χ4v) is 0.489. The molecule has 0 atom stereocenters. The number of azide groups is 1. The van der Waals surface area contributed by atoms with Gasteiger partial charge in [-0.1, -0.05) is 5.11 Å². The Hall–Kier alpha value is -1.30. The van der Waals surface area contributed by atoms with Crippen molar-refractivity contribution < 1.29 is 9.53 Å². The van der Waals surface area contributed by atoms with Crippen molar-refractivity contribution in [1.29, 1.82) is 0 Å². The molecule has 1 amide bonds. The van der Waals surface area contributed by atoms with Gasteiger partial charge in [0.05, 0.1) is 19.6 Å². The number of carbonyl (C=O) groups excluding carboxylic acids is 1. The van der Waals surface area contributed by atoms with Crippen molar-refractivity contribution >= 4 is 5.91 Å². The number of rotatable bonds is 6. The van der Waals surface area contributed by atoms with Crippen molar-refractivity contribution in [2.24, 2.45) is 11.0 Å². The van der Waals surface area contributed by atoms with Gasteiger partial charge in [0.2, 0.25) is 5.91 Å². The van der Waals surface area contributed by atoms with E-state index in [9.17, 15) is 4.79 Å². The van der Waals surface area contributed by atoms with E-state index in [1.807, 2.05) is 5.43 Å². The van der Waals surface area contributed by atoms with Crippen molar-refractivity contribution in [3.63, 3.8) is 0 Å². The van der Waals surface area contributed by atoms with Gasteiger partial charge in [0.15, 0.2) is 0 Å². The number of ether oxygens (including phenoxy) is 1. The average molecular weight is 173 g/mol. The van der Waals surface area contributed by atoms with Gasteiger partial charge in [0.1, 0.15) is 0 Å². The summed E-state index contributed by atoms with van der Waals surface area (Å²) in [5, 5.41) is 3.24. The fraction of sp³-hybridized carbons (Fsp3) is 0.800. The Morgan fingerprint density at radius 1 is 1.67 bits per heavy atom. The molecule has 0 heterocycles. The number of carbonyl (C=O) groups is 1. The number of hydrogen-bond donors (Lipinski definition) is 2. The smallest absolute Gasteiger partial charge is 0.236 e. The van der Waals surface area contributed by atoms with E-state index >= 15 is 0 Å². The summed E-state index contributed by atoms with van der Waals surface area (Å²) in [5.74, 6) is 4.53. The molecule has 0 aromatic rings. The molecule has 0 saturated carbocycles. The molecule has 68 valence electrons. The van der Waals surface area contributed by atoms with Crippen LogP contribution in [-0.4, -0.2) is 25.7 Å². The molecular weight excluding hydrogens is 162 g/mol. The lowest BCUT2D eigenvalue weighted by atomic mass is 10.4. The molecule has 0 spiro atoms. The van der Waals surface area contributed by atoms with E-state index < -0.39 is 0 Å². The van der Waals surface area contributed by atoms with Gasteiger partial charge >= 0.3 is 0 Å². The summed E-state index contributed by atoms with van der Waals surface area (Å²) in [6.07, 6.45) is 0.215. The van der Waals surface area contributed by atoms with Crippen LogP contribution < -0.4 is 11.3 Å². The third kappa shape index (κ3) is 6.81. The Kier molecular flexibility index (Phi) is 6.96. The lowest BCUT2D eigenvalue weighted by molar-refractivity contribution is -0.122. The lowest BCUT2D eigenvalue weighted by Crippen LogP contribution is -2.30. The Morgan fingerprint density at radius 3 is 3.00 bits per heavy atom. The molecule has 7 heteroatoms. The third-order valence-electron chi connectivity index (χ3n) is 1.03. The van der Waals surface area contributed by atoms with Crippen molar-refractivity contribution in [2.75, 3.05) is 19.8 Å². The number of nitrogens with two attached hydrogens (primary N) is 1. The summed E-state index contributed by atoms with van der Waals surface area (Å²) in [5.41, 5.74) is 9.84. The van der Waals surface area contributed by atoms with Crippen molar-refractivity contribution in [3.05, 3.63) is 10.4 Å². The molecule has 0 rings (SSSR count). The Bertz CT molecular complexity index is 177. The second-order valence-electron chi connectivity index (χ2n) is 1.88. The van der Waals surface area contributed by atoms with Gasteiger partial charge in [0.25, 0.3) is 0 Å². The minimum absolute atomic E-state index is 0.215. The first-order chi connectivity index (χ1) is 5.81. The van der Waals surface area contributed by atoms with Crippen LogP contribution in [0.4, 0.5) is 0 Å². The van der Waals surface area contributed by atoms with Gasteiger partial charge in [0, 0.05) is 11.5 Å². The standard InChI is InChI=1S/C5H11N5O2/c6-9-5(11)1-3-12-4-2-8-10-7/h1-4,6H2,(H,9,11). The van der Waals surface area contributed by atoms with Gasteiger partial charge in [-0.05, 0) is 5.53 Å². The zero-order valence-corrected chi connectivity index (χ0v) is 6.56. The molecule has 0 saturated heterocycles. The number of amides is 1. The molecule has 0 radical (unpaired) electrons. The first-order valence-corrected chi connectivity index (χ1v) is 3.39. The quantitative estimate of drug-likeness (QED) is 0.109. The second-order valence-corrected chi connectivity index (χ2v) is 1.88. The minimum atomic E-state index is -0.279. The van der Waals surface area contributed by atoms with Crippen LogP contribution in [0, 0.1) is 0 Å². The Balaban J connectivity index is 3.10. The van der Waals surface area contributed by atoms with Gasteiger partial charge < -0.3 is 4.74 Å². The van der Waals surface area contributed by atoms with Crippen molar-refractivity contribution in [1.82, 2.24) is 5.43 Å². The number of hydrogen-bond acceptors (Lipinski definition) is 4. The fourth-order valence-electron chi connectivity index (χ4n) is 0.489. The molecule has 7 nitrogen and oxygen atoms in total. The normalized spacial score (nSPS) is 8.75. The summed E-state index contributed by atoms with van der Waals surface area (Å²) in [6.45, 7) is 0.882. The lowest BCUT2D eigenvalue weighted by Gasteiger charge is -2.00. The van der Waals surface area contributed by atoms with Crippen molar-refractivity contribution in [2.45, 2.75) is 6.42 Å². The molecule has 0 aliphatic carbocycles. The van der Waals surface area contributed by atoms with E-state index in [4.69, 9.17) is 16.1 Å². The average Bonchev–Trinajstić information content (AvgIpc) is 2.10. The van der Waals surface area contributed by atoms with Crippen LogP contribution in [0.25, 0.3) is 10.4 Å². The minimum Gasteiger partial charge on any atom is -0.381 e. The molecule has 3 N–H and O–H groups in total. The van der Waals surface area contributed by atoms with E-state index in [2.05, 4.69) is 10.0 Å². The topological polar surface area (TPSA) is 113 Å². The molecule has 0 fully saturated rings. The summed E-state index contributed by atoms with van der Waals surface area (Å²) < 4.78 is 4.93. The zero-order chi connectivity index (χ0) is 9.23. The van der Waals surface area contributed by atoms with Crippen LogP contribution in [0.3, 0.4) is 0 Å². The summed E-state index contributed by atoms with van der Waals surface area (Å²) in [7, 11) is 0. The first kappa shape index (κ1) is 10.7. The van der Waals surface area contributed by atoms with E-state index in [1.165, 1.54) is 0 Å². The highest BCUT2D eigenvalue weighted by molar-refractivity contribution is 5.75. The SMILES string of the molecule is [N-]=[N+]=NCCOCCC(=O)NN. The first-order valence-electron chi connectivity index (χ1n) is 3.39. The van der Waals surface area contributed by atoms with E-state index in [0.717, 1.165) is 0 Å². The molecule has 0 aromatic heterocycles. The predicted octanol–water partition coefficient (Wildman–Crippen LogP) is -0.307. The summed E-state index contributed by atoms with van der Waals surface area (Å²) in [4.78, 5) is 13.0. The Morgan fingerprint density at radius 2 is 2.42 bits per heavy atom. The number of hydrazine groups is 1. The van der Waals surface area contributed by atoms with Crippen LogP contribution in [0.5, 0.6) is 0 Å². The number of nitrogens with one attached hydrogen (secondary N) is 1. The van der Waals surface area contributed by atoms with Crippen molar-refractivity contribution in [3.8, 4) is 0 Å². The molecule has 0 bridgehead atoms.